The van der Waals surface area contributed by atoms with Crippen LogP contribution in [0.1, 0.15) is 5.76 Å². The van der Waals surface area contributed by atoms with Crippen molar-refractivity contribution in [3.8, 4) is 17.1 Å². The highest BCUT2D eigenvalue weighted by Gasteiger charge is 2.33. The van der Waals surface area contributed by atoms with Crippen LogP contribution in [0.15, 0.2) is 39.7 Å². The lowest BCUT2D eigenvalue weighted by molar-refractivity contribution is -0.384. The van der Waals surface area contributed by atoms with E-state index in [0.29, 0.717) is 5.75 Å². The molecule has 1 amide bonds. The minimum Gasteiger partial charge on any atom is -0.497 e. The summed E-state index contributed by atoms with van der Waals surface area (Å²) in [6.07, 6.45) is 1.42. The van der Waals surface area contributed by atoms with Crippen LogP contribution in [-0.2, 0) is 9.59 Å². The molecule has 0 spiro atoms. The first kappa shape index (κ1) is 19.6. The van der Waals surface area contributed by atoms with Gasteiger partial charge in [0.1, 0.15) is 28.1 Å². The zero-order valence-electron chi connectivity index (χ0n) is 14.3. The molecule has 0 unspecified atom stereocenters. The third-order valence-electron chi connectivity index (χ3n) is 3.73. The van der Waals surface area contributed by atoms with Crippen molar-refractivity contribution in [2.75, 3.05) is 13.7 Å². The molecule has 0 aliphatic carbocycles. The number of carboxylic acids is 1. The van der Waals surface area contributed by atoms with Gasteiger partial charge in [0.05, 0.1) is 28.6 Å². The fourth-order valence-corrected chi connectivity index (χ4v) is 3.71. The van der Waals surface area contributed by atoms with E-state index < -0.39 is 23.3 Å². The Kier molecular flexibility index (Phi) is 5.47. The monoisotopic (exact) mass is 420 g/mol. The van der Waals surface area contributed by atoms with Crippen LogP contribution < -0.4 is 4.74 Å². The Balaban J connectivity index is 1.91. The van der Waals surface area contributed by atoms with Gasteiger partial charge >= 0.3 is 5.97 Å². The highest BCUT2D eigenvalue weighted by molar-refractivity contribution is 8.26. The van der Waals surface area contributed by atoms with Crippen molar-refractivity contribution in [3.05, 3.63) is 51.1 Å². The quantitative estimate of drug-likeness (QED) is 0.325. The average molecular weight is 420 g/mol. The second kappa shape index (κ2) is 7.82. The summed E-state index contributed by atoms with van der Waals surface area (Å²) >= 11 is 5.98. The van der Waals surface area contributed by atoms with Gasteiger partial charge in [-0.1, -0.05) is 24.0 Å². The summed E-state index contributed by atoms with van der Waals surface area (Å²) in [5, 5.41) is 20.2. The molecule has 1 aromatic carbocycles. The highest BCUT2D eigenvalue weighted by atomic mass is 32.2. The summed E-state index contributed by atoms with van der Waals surface area (Å²) in [6, 6.07) is 7.45. The van der Waals surface area contributed by atoms with Crippen LogP contribution in [-0.4, -0.2) is 44.8 Å². The number of carboxylic acid groups (broad SMARTS) is 1. The number of carbonyl (C=O) groups excluding carboxylic acids is 1. The summed E-state index contributed by atoms with van der Waals surface area (Å²) in [4.78, 5) is 35.1. The lowest BCUT2D eigenvalue weighted by Crippen LogP contribution is -2.33. The summed E-state index contributed by atoms with van der Waals surface area (Å²) in [7, 11) is 1.41. The molecular weight excluding hydrogens is 408 g/mol. The lowest BCUT2D eigenvalue weighted by Gasteiger charge is -2.09. The second-order valence-electron chi connectivity index (χ2n) is 5.50. The van der Waals surface area contributed by atoms with Gasteiger partial charge in [0.15, 0.2) is 0 Å². The number of hydrogen-bond acceptors (Lipinski definition) is 8. The van der Waals surface area contributed by atoms with Crippen molar-refractivity contribution in [2.45, 2.75) is 0 Å². The zero-order valence-corrected chi connectivity index (χ0v) is 15.9. The van der Waals surface area contributed by atoms with Gasteiger partial charge in [-0.05, 0) is 24.3 Å². The fourth-order valence-electron chi connectivity index (χ4n) is 2.47. The predicted molar refractivity (Wildman–Crippen MR) is 105 cm³/mol. The minimum absolute atomic E-state index is 0.135. The summed E-state index contributed by atoms with van der Waals surface area (Å²) in [5.41, 5.74) is 0.0666. The van der Waals surface area contributed by atoms with Gasteiger partial charge in [-0.3, -0.25) is 24.6 Å². The van der Waals surface area contributed by atoms with Crippen molar-refractivity contribution >= 4 is 51.9 Å². The number of nitro groups is 1. The van der Waals surface area contributed by atoms with Crippen molar-refractivity contribution in [1.82, 2.24) is 4.90 Å². The molecule has 9 nitrogen and oxygen atoms in total. The Morgan fingerprint density at radius 1 is 1.43 bits per heavy atom. The number of amides is 1. The minimum atomic E-state index is -1.18. The number of furan rings is 1. The normalized spacial score (nSPS) is 15.3. The number of aliphatic carboxylic acids is 1. The summed E-state index contributed by atoms with van der Waals surface area (Å²) < 4.78 is 10.8. The lowest BCUT2D eigenvalue weighted by atomic mass is 10.1. The molecule has 0 atom stereocenters. The summed E-state index contributed by atoms with van der Waals surface area (Å²) in [5.74, 6) is -0.864. The van der Waals surface area contributed by atoms with Crippen LogP contribution in [0.2, 0.25) is 0 Å². The standard InChI is InChI=1S/C17H12N2O7S2/c1-25-9-2-4-11(12(6-9)19(23)24)13-5-3-10(26-13)7-14-16(22)18(8-15(20)21)17(27)28-14/h2-7H,8H2,1H3,(H,20,21)/b14-7+. The first-order chi connectivity index (χ1) is 13.3. The van der Waals surface area contributed by atoms with E-state index in [1.54, 1.807) is 18.2 Å². The Bertz CT molecular complexity index is 1030. The number of nitro benzene ring substituents is 1. The number of ether oxygens (including phenoxy) is 1. The largest absolute Gasteiger partial charge is 0.497 e. The van der Waals surface area contributed by atoms with E-state index in [1.165, 1.54) is 25.3 Å². The predicted octanol–water partition coefficient (Wildman–Crippen LogP) is 3.15. The molecular formula is C17H12N2O7S2. The molecule has 1 fully saturated rings. The van der Waals surface area contributed by atoms with Gasteiger partial charge in [0.2, 0.25) is 0 Å². The van der Waals surface area contributed by atoms with Gasteiger partial charge in [-0.2, -0.15) is 0 Å². The molecule has 0 bridgehead atoms. The molecule has 0 saturated carbocycles. The second-order valence-corrected chi connectivity index (χ2v) is 7.18. The third kappa shape index (κ3) is 3.89. The SMILES string of the molecule is COc1ccc(-c2ccc(/C=C3/SC(=S)N(CC(=O)O)C3=O)o2)c([N+](=O)[O-])c1. The molecule has 2 aromatic rings. The van der Waals surface area contributed by atoms with Gasteiger partial charge in [0.25, 0.3) is 11.6 Å². The van der Waals surface area contributed by atoms with Crippen molar-refractivity contribution in [2.24, 2.45) is 0 Å². The Hall–Kier alpha value is -3.18. The van der Waals surface area contributed by atoms with Crippen molar-refractivity contribution < 1.29 is 28.8 Å². The molecule has 1 aromatic heterocycles. The maximum absolute atomic E-state index is 12.3. The Morgan fingerprint density at radius 3 is 2.82 bits per heavy atom. The van der Waals surface area contributed by atoms with E-state index in [0.717, 1.165) is 16.7 Å². The van der Waals surface area contributed by atoms with Gasteiger partial charge in [-0.15, -0.1) is 0 Å². The van der Waals surface area contributed by atoms with Crippen molar-refractivity contribution in [3.63, 3.8) is 0 Å². The van der Waals surface area contributed by atoms with Crippen LogP contribution in [0, 0.1) is 10.1 Å². The fraction of sp³-hybridized carbons (Fsp3) is 0.118. The number of nitrogens with zero attached hydrogens (tertiary/aromatic N) is 2. The number of thiocarbonyl (C=S) groups is 1. The number of benzene rings is 1. The maximum atomic E-state index is 12.3. The zero-order chi connectivity index (χ0) is 20.4. The Labute approximate surface area is 167 Å². The molecule has 144 valence electrons. The molecule has 1 saturated heterocycles. The van der Waals surface area contributed by atoms with Crippen LogP contribution in [0.3, 0.4) is 0 Å². The smallest absolute Gasteiger partial charge is 0.323 e. The Morgan fingerprint density at radius 2 is 2.18 bits per heavy atom. The van der Waals surface area contributed by atoms with E-state index in [2.05, 4.69) is 0 Å². The number of thioether (sulfide) groups is 1. The van der Waals surface area contributed by atoms with Gasteiger partial charge in [-0.25, -0.2) is 0 Å². The van der Waals surface area contributed by atoms with E-state index in [1.807, 2.05) is 0 Å². The molecule has 28 heavy (non-hydrogen) atoms. The molecule has 11 heteroatoms. The highest BCUT2D eigenvalue weighted by Crippen LogP contribution is 2.36. The van der Waals surface area contributed by atoms with Gasteiger partial charge < -0.3 is 14.3 Å². The molecule has 2 heterocycles. The van der Waals surface area contributed by atoms with Crippen LogP contribution >= 0.6 is 24.0 Å². The first-order valence-corrected chi connectivity index (χ1v) is 8.92. The van der Waals surface area contributed by atoms with E-state index in [4.69, 9.17) is 26.5 Å². The number of rotatable bonds is 6. The number of carbonyl (C=O) groups is 2. The van der Waals surface area contributed by atoms with Crippen molar-refractivity contribution in [1.29, 1.82) is 0 Å². The maximum Gasteiger partial charge on any atom is 0.323 e. The molecule has 1 aliphatic heterocycles. The third-order valence-corrected chi connectivity index (χ3v) is 5.11. The van der Waals surface area contributed by atoms with E-state index >= 15 is 0 Å². The topological polar surface area (TPSA) is 123 Å². The number of methoxy groups -OCH3 is 1. The molecule has 0 radical (unpaired) electrons. The van der Waals surface area contributed by atoms with Crippen LogP contribution in [0.25, 0.3) is 17.4 Å². The van der Waals surface area contributed by atoms with E-state index in [9.17, 15) is 19.7 Å². The molecule has 1 N–H and O–H groups in total. The number of hydrogen-bond donors (Lipinski definition) is 1. The van der Waals surface area contributed by atoms with Crippen LogP contribution in [0.4, 0.5) is 5.69 Å². The summed E-state index contributed by atoms with van der Waals surface area (Å²) in [6.45, 7) is -0.524. The molecule has 3 rings (SSSR count). The van der Waals surface area contributed by atoms with E-state index in [-0.39, 0.29) is 32.0 Å². The molecule has 1 aliphatic rings. The van der Waals surface area contributed by atoms with Gasteiger partial charge in [0, 0.05) is 6.08 Å². The first-order valence-electron chi connectivity index (χ1n) is 7.70. The van der Waals surface area contributed by atoms with Crippen LogP contribution in [0.5, 0.6) is 5.75 Å². The average Bonchev–Trinajstić information content (AvgIpc) is 3.21.